The lowest BCUT2D eigenvalue weighted by molar-refractivity contribution is -0.145. The van der Waals surface area contributed by atoms with Crippen LogP contribution in [0.2, 0.25) is 5.02 Å². The molecule has 0 aliphatic carbocycles. The van der Waals surface area contributed by atoms with Crippen molar-refractivity contribution in [2.24, 2.45) is 0 Å². The van der Waals surface area contributed by atoms with Gasteiger partial charge in [-0.1, -0.05) is 23.7 Å². The summed E-state index contributed by atoms with van der Waals surface area (Å²) in [7, 11) is -2.79. The van der Waals surface area contributed by atoms with Crippen LogP contribution in [-0.4, -0.2) is 86.8 Å². The van der Waals surface area contributed by atoms with E-state index in [1.165, 1.54) is 24.1 Å². The summed E-state index contributed by atoms with van der Waals surface area (Å²) in [6.45, 7) is 2.56. The predicted octanol–water partition coefficient (Wildman–Crippen LogP) is 1.43. The van der Waals surface area contributed by atoms with Gasteiger partial charge >= 0.3 is 5.97 Å². The predicted molar refractivity (Wildman–Crippen MR) is 143 cm³/mol. The molecule has 2 saturated heterocycles. The molecule has 0 saturated carbocycles. The van der Waals surface area contributed by atoms with Crippen LogP contribution in [0, 0.1) is 0 Å². The molecule has 0 radical (unpaired) electrons. The second-order valence-corrected chi connectivity index (χ2v) is 11.9. The number of hydrogen-bond acceptors (Lipinski definition) is 7. The number of esters is 1. The lowest BCUT2D eigenvalue weighted by Crippen LogP contribution is -2.55. The molecule has 39 heavy (non-hydrogen) atoms. The van der Waals surface area contributed by atoms with Gasteiger partial charge in [0.1, 0.15) is 18.5 Å². The molecule has 2 fully saturated rings. The molecule has 2 aromatic rings. The first-order chi connectivity index (χ1) is 18.5. The number of benzene rings is 2. The average molecular weight is 579 g/mol. The molecule has 210 valence electrons. The summed E-state index contributed by atoms with van der Waals surface area (Å²) < 4.78 is 33.1. The lowest BCUT2D eigenvalue weighted by atomic mass is 10.0. The summed E-state index contributed by atoms with van der Waals surface area (Å²) in [5, 5.41) is 4.78. The number of fused-ring (bicyclic) bond motifs is 1. The van der Waals surface area contributed by atoms with E-state index in [1.807, 2.05) is 0 Å². The van der Waals surface area contributed by atoms with Crippen molar-refractivity contribution in [3.63, 3.8) is 0 Å². The minimum Gasteiger partial charge on any atom is -0.469 e. The summed E-state index contributed by atoms with van der Waals surface area (Å²) in [4.78, 5) is 52.8. The van der Waals surface area contributed by atoms with Crippen LogP contribution in [0.15, 0.2) is 41.3 Å². The summed E-state index contributed by atoms with van der Waals surface area (Å²) in [5.41, 5.74) is 0. The minimum absolute atomic E-state index is 0.0290. The molecule has 11 nitrogen and oxygen atoms in total. The minimum atomic E-state index is -4.00. The van der Waals surface area contributed by atoms with E-state index in [0.717, 1.165) is 5.39 Å². The third-order valence-corrected chi connectivity index (χ3v) is 8.78. The number of sulfonamides is 1. The van der Waals surface area contributed by atoms with Crippen LogP contribution in [0.3, 0.4) is 0 Å². The van der Waals surface area contributed by atoms with E-state index in [1.54, 1.807) is 36.1 Å². The van der Waals surface area contributed by atoms with Gasteiger partial charge in [0.25, 0.3) is 0 Å². The van der Waals surface area contributed by atoms with E-state index in [9.17, 15) is 27.6 Å². The Morgan fingerprint density at radius 1 is 1.10 bits per heavy atom. The van der Waals surface area contributed by atoms with Gasteiger partial charge in [-0.25, -0.2) is 8.42 Å². The molecule has 2 aliphatic rings. The van der Waals surface area contributed by atoms with Crippen LogP contribution in [-0.2, 0) is 33.9 Å². The summed E-state index contributed by atoms with van der Waals surface area (Å²) in [6.07, 6.45) is 1.13. The summed E-state index contributed by atoms with van der Waals surface area (Å²) >= 11 is 6.01. The van der Waals surface area contributed by atoms with Crippen LogP contribution in [0.1, 0.15) is 32.6 Å². The van der Waals surface area contributed by atoms with E-state index in [-0.39, 0.29) is 36.4 Å². The molecule has 0 spiro atoms. The molecule has 1 unspecified atom stereocenters. The third kappa shape index (κ3) is 6.68. The van der Waals surface area contributed by atoms with E-state index >= 15 is 0 Å². The zero-order valence-electron chi connectivity index (χ0n) is 21.7. The van der Waals surface area contributed by atoms with Crippen molar-refractivity contribution in [3.8, 4) is 0 Å². The van der Waals surface area contributed by atoms with Crippen molar-refractivity contribution in [2.75, 3.05) is 26.7 Å². The van der Waals surface area contributed by atoms with E-state index in [4.69, 9.17) is 11.6 Å². The first-order valence-corrected chi connectivity index (χ1v) is 14.5. The Kier molecular flexibility index (Phi) is 8.77. The van der Waals surface area contributed by atoms with Crippen molar-refractivity contribution in [2.45, 2.75) is 55.6 Å². The van der Waals surface area contributed by atoms with Crippen LogP contribution < -0.4 is 10.0 Å². The van der Waals surface area contributed by atoms with Crippen molar-refractivity contribution in [1.29, 1.82) is 0 Å². The van der Waals surface area contributed by atoms with Gasteiger partial charge in [0.15, 0.2) is 0 Å². The highest BCUT2D eigenvalue weighted by atomic mass is 35.5. The zero-order valence-corrected chi connectivity index (χ0v) is 23.3. The smallest absolute Gasteiger partial charge is 0.315 e. The second kappa shape index (κ2) is 11.9. The van der Waals surface area contributed by atoms with Gasteiger partial charge in [0.2, 0.25) is 27.7 Å². The van der Waals surface area contributed by atoms with E-state index in [2.05, 4.69) is 14.8 Å². The number of nitrogens with zero attached hydrogens (tertiary/aromatic N) is 2. The highest BCUT2D eigenvalue weighted by Crippen LogP contribution is 2.24. The lowest BCUT2D eigenvalue weighted by Gasteiger charge is -2.36. The maximum atomic E-state index is 13.2. The van der Waals surface area contributed by atoms with Gasteiger partial charge in [-0.3, -0.25) is 19.2 Å². The molecular weight excluding hydrogens is 548 g/mol. The Morgan fingerprint density at radius 2 is 1.82 bits per heavy atom. The number of ether oxygens (including phenoxy) is 1. The number of piperidine rings is 1. The number of rotatable bonds is 8. The number of amides is 3. The van der Waals surface area contributed by atoms with Crippen LogP contribution in [0.4, 0.5) is 0 Å². The molecule has 3 atom stereocenters. The number of carbonyl (C=O) groups excluding carboxylic acids is 4. The van der Waals surface area contributed by atoms with Gasteiger partial charge in [-0.15, -0.1) is 0 Å². The Morgan fingerprint density at radius 3 is 2.56 bits per heavy atom. The Hall–Kier alpha value is -3.22. The molecule has 2 aliphatic heterocycles. The number of nitrogens with one attached hydrogen (secondary N) is 2. The number of methoxy groups -OCH3 is 1. The fourth-order valence-electron chi connectivity index (χ4n) is 4.99. The highest BCUT2D eigenvalue weighted by Gasteiger charge is 2.40. The molecule has 0 aromatic heterocycles. The molecule has 2 N–H and O–H groups in total. The van der Waals surface area contributed by atoms with Gasteiger partial charge in [0.05, 0.1) is 12.0 Å². The monoisotopic (exact) mass is 578 g/mol. The Balaban J connectivity index is 1.36. The van der Waals surface area contributed by atoms with Crippen molar-refractivity contribution in [3.05, 3.63) is 41.4 Å². The normalized spacial score (nSPS) is 20.6. The van der Waals surface area contributed by atoms with Crippen molar-refractivity contribution in [1.82, 2.24) is 19.8 Å². The quantitative estimate of drug-likeness (QED) is 0.356. The SMILES string of the molecule is COC(=O)CC(=O)NC1CCCN(C(=O)[C@H](C)N2CC[C@H](NS(=O)(=O)c3ccc4cc(Cl)ccc4c3)C2=O)C1. The number of likely N-dealkylation sites (tertiary alicyclic amines) is 2. The first kappa shape index (κ1) is 28.8. The van der Waals surface area contributed by atoms with Crippen LogP contribution >= 0.6 is 11.6 Å². The molecule has 2 aromatic carbocycles. The zero-order chi connectivity index (χ0) is 28.3. The molecule has 2 heterocycles. The molecule has 0 bridgehead atoms. The van der Waals surface area contributed by atoms with Crippen molar-refractivity contribution < 1.29 is 32.3 Å². The third-order valence-electron chi connectivity index (χ3n) is 7.08. The fraction of sp³-hybridized carbons (Fsp3) is 0.462. The maximum absolute atomic E-state index is 13.2. The largest absolute Gasteiger partial charge is 0.469 e. The van der Waals surface area contributed by atoms with Gasteiger partial charge < -0.3 is 19.9 Å². The van der Waals surface area contributed by atoms with Gasteiger partial charge in [0, 0.05) is 30.7 Å². The van der Waals surface area contributed by atoms with Crippen LogP contribution in [0.5, 0.6) is 0 Å². The van der Waals surface area contributed by atoms with Crippen LogP contribution in [0.25, 0.3) is 10.8 Å². The number of halogens is 1. The Bertz CT molecular complexity index is 1400. The number of carbonyl (C=O) groups is 4. The standard InChI is InChI=1S/C26H31ClN4O7S/c1-16(25(34)30-10-3-4-20(15-30)28-23(32)14-24(33)38-2)31-11-9-22(26(31)35)29-39(36,37)21-8-6-17-12-19(27)7-5-18(17)13-21/h5-8,12-13,16,20,22,29H,3-4,9-11,14-15H2,1-2H3,(H,28,32)/t16-,20?,22-/m0/s1. The fourth-order valence-corrected chi connectivity index (χ4v) is 6.43. The topological polar surface area (TPSA) is 142 Å². The summed E-state index contributed by atoms with van der Waals surface area (Å²) in [6, 6.07) is 7.66. The number of hydrogen-bond donors (Lipinski definition) is 2. The van der Waals surface area contributed by atoms with Gasteiger partial charge in [-0.2, -0.15) is 4.72 Å². The van der Waals surface area contributed by atoms with Crippen molar-refractivity contribution >= 4 is 56.1 Å². The molecular formula is C26H31ClN4O7S. The first-order valence-electron chi connectivity index (χ1n) is 12.7. The molecule has 4 rings (SSSR count). The maximum Gasteiger partial charge on any atom is 0.315 e. The molecule has 13 heteroatoms. The summed E-state index contributed by atoms with van der Waals surface area (Å²) in [5.74, 6) is -1.87. The highest BCUT2D eigenvalue weighted by molar-refractivity contribution is 7.89. The van der Waals surface area contributed by atoms with E-state index in [0.29, 0.717) is 29.8 Å². The Labute approximate surface area is 231 Å². The van der Waals surface area contributed by atoms with Gasteiger partial charge in [-0.05, 0) is 61.2 Å². The second-order valence-electron chi connectivity index (χ2n) is 9.77. The molecule has 3 amide bonds. The average Bonchev–Trinajstić information content (AvgIpc) is 3.26. The van der Waals surface area contributed by atoms with E-state index < -0.39 is 46.3 Å².